The van der Waals surface area contributed by atoms with E-state index in [0.717, 1.165) is 5.56 Å². The highest BCUT2D eigenvalue weighted by Gasteiger charge is 2.32. The maximum absolute atomic E-state index is 12.8. The van der Waals surface area contributed by atoms with Gasteiger partial charge in [0.1, 0.15) is 16.9 Å². The molecule has 2 aromatic carbocycles. The number of rotatable bonds is 3. The number of allylic oxidation sites excluding steroid dienone is 1. The van der Waals surface area contributed by atoms with Crippen molar-refractivity contribution in [1.82, 2.24) is 0 Å². The highest BCUT2D eigenvalue weighted by Crippen LogP contribution is 2.27. The van der Waals surface area contributed by atoms with Gasteiger partial charge in [0.05, 0.1) is 5.71 Å². The van der Waals surface area contributed by atoms with Crippen molar-refractivity contribution in [3.8, 4) is 0 Å². The predicted molar refractivity (Wildman–Crippen MR) is 116 cm³/mol. The normalized spacial score (nSPS) is 15.4. The highest BCUT2D eigenvalue weighted by molar-refractivity contribution is 6.36. The first-order valence-electron chi connectivity index (χ1n) is 9.58. The fourth-order valence-electron chi connectivity index (χ4n) is 3.07. The molecule has 30 heavy (non-hydrogen) atoms. The van der Waals surface area contributed by atoms with Crippen LogP contribution < -0.4 is 0 Å². The number of amidine groups is 1. The van der Waals surface area contributed by atoms with Crippen LogP contribution in [0.5, 0.6) is 0 Å². The van der Waals surface area contributed by atoms with E-state index in [2.05, 4.69) is 9.98 Å². The number of aliphatic hydroxyl groups excluding tert-OH is 1. The molecule has 2 aromatic rings. The molecular formula is C24H24N2O4. The number of aliphatic hydroxyl groups is 1. The summed E-state index contributed by atoms with van der Waals surface area (Å²) in [5.41, 5.74) is 2.04. The molecule has 1 amide bonds. The number of amides is 1. The topological polar surface area (TPSA) is 88.3 Å². The number of aryl methyl sites for hydroxylation is 1. The molecule has 0 aromatic heterocycles. The average Bonchev–Trinajstić information content (AvgIpc) is 2.98. The molecule has 0 atom stereocenters. The van der Waals surface area contributed by atoms with Gasteiger partial charge >= 0.3 is 5.97 Å². The van der Waals surface area contributed by atoms with Crippen LogP contribution in [0.1, 0.15) is 54.7 Å². The lowest BCUT2D eigenvalue weighted by molar-refractivity contribution is -0.149. The third-order valence-electron chi connectivity index (χ3n) is 4.31. The quantitative estimate of drug-likeness (QED) is 0.461. The van der Waals surface area contributed by atoms with Crippen LogP contribution in [-0.4, -0.2) is 34.1 Å². The van der Waals surface area contributed by atoms with Crippen LogP contribution in [0.3, 0.4) is 0 Å². The zero-order valence-electron chi connectivity index (χ0n) is 17.7. The van der Waals surface area contributed by atoms with Crippen LogP contribution in [0.25, 0.3) is 0 Å². The zero-order chi connectivity index (χ0) is 22.1. The summed E-state index contributed by atoms with van der Waals surface area (Å²) in [6.45, 7) is 8.53. The van der Waals surface area contributed by atoms with Crippen molar-refractivity contribution in [2.75, 3.05) is 0 Å². The van der Waals surface area contributed by atoms with E-state index in [9.17, 15) is 14.7 Å². The van der Waals surface area contributed by atoms with E-state index in [1.54, 1.807) is 63.2 Å². The number of aliphatic imine (C=N–C) groups is 2. The second kappa shape index (κ2) is 8.06. The number of fused-ring (bicyclic) bond motifs is 1. The maximum atomic E-state index is 12.8. The van der Waals surface area contributed by atoms with E-state index in [4.69, 9.17) is 4.74 Å². The van der Waals surface area contributed by atoms with Crippen molar-refractivity contribution in [3.63, 3.8) is 0 Å². The van der Waals surface area contributed by atoms with Gasteiger partial charge in [-0.25, -0.2) is 9.79 Å². The Morgan fingerprint density at radius 3 is 2.30 bits per heavy atom. The monoisotopic (exact) mass is 404 g/mol. The van der Waals surface area contributed by atoms with E-state index in [0.29, 0.717) is 16.7 Å². The molecule has 0 spiro atoms. The number of nitrogens with zero attached hydrogens (tertiary/aromatic N) is 2. The van der Waals surface area contributed by atoms with Gasteiger partial charge in [0, 0.05) is 16.7 Å². The molecule has 1 aliphatic heterocycles. The van der Waals surface area contributed by atoms with Gasteiger partial charge in [0.25, 0.3) is 5.91 Å². The molecule has 6 nitrogen and oxygen atoms in total. The summed E-state index contributed by atoms with van der Waals surface area (Å²) in [6.07, 6.45) is 0. The maximum Gasteiger partial charge on any atom is 0.344 e. The van der Waals surface area contributed by atoms with Gasteiger partial charge in [0.2, 0.25) is 0 Å². The molecule has 1 aliphatic rings. The molecule has 3 rings (SSSR count). The zero-order valence-corrected chi connectivity index (χ0v) is 17.7. The number of benzene rings is 2. The summed E-state index contributed by atoms with van der Waals surface area (Å²) < 4.78 is 5.44. The number of hydrogen-bond acceptors (Lipinski definition) is 4. The standard InChI is InChI=1S/C24H24N2O4/c1-14-9-8-10-16(13-14)22(28)26-21-18-12-7-6-11-17(18)20(25-21)19(15(2)27)23(29)30-24(3,4)5/h6-13,27H,1-5H3. The van der Waals surface area contributed by atoms with Crippen molar-refractivity contribution in [2.24, 2.45) is 9.98 Å². The Morgan fingerprint density at radius 1 is 1.03 bits per heavy atom. The minimum atomic E-state index is -0.742. The van der Waals surface area contributed by atoms with Crippen LogP contribution in [0.15, 0.2) is 69.8 Å². The van der Waals surface area contributed by atoms with Crippen molar-refractivity contribution in [1.29, 1.82) is 0 Å². The fourth-order valence-corrected chi connectivity index (χ4v) is 3.07. The number of hydrogen-bond donors (Lipinski definition) is 1. The van der Waals surface area contributed by atoms with E-state index in [-0.39, 0.29) is 22.9 Å². The third kappa shape index (κ3) is 4.54. The molecule has 1 N–H and O–H groups in total. The number of esters is 1. The van der Waals surface area contributed by atoms with Crippen molar-refractivity contribution >= 4 is 23.4 Å². The predicted octanol–water partition coefficient (Wildman–Crippen LogP) is 4.56. The molecule has 0 unspecified atom stereocenters. The third-order valence-corrected chi connectivity index (χ3v) is 4.31. The number of carbonyl (C=O) groups is 2. The van der Waals surface area contributed by atoms with Gasteiger partial charge in [0.15, 0.2) is 5.84 Å². The largest absolute Gasteiger partial charge is 0.512 e. The first-order valence-corrected chi connectivity index (χ1v) is 9.58. The summed E-state index contributed by atoms with van der Waals surface area (Å²) in [4.78, 5) is 34.1. The van der Waals surface area contributed by atoms with Gasteiger partial charge in [-0.05, 0) is 46.8 Å². The van der Waals surface area contributed by atoms with Gasteiger partial charge < -0.3 is 9.84 Å². The minimum Gasteiger partial charge on any atom is -0.512 e. The van der Waals surface area contributed by atoms with Gasteiger partial charge in [-0.1, -0.05) is 42.0 Å². The Hall–Kier alpha value is -3.54. The Labute approximate surface area is 175 Å². The van der Waals surface area contributed by atoms with Crippen LogP contribution in [0.4, 0.5) is 0 Å². The molecule has 0 saturated heterocycles. The molecule has 0 bridgehead atoms. The average molecular weight is 404 g/mol. The summed E-state index contributed by atoms with van der Waals surface area (Å²) in [5.74, 6) is -1.15. The summed E-state index contributed by atoms with van der Waals surface area (Å²) in [6, 6.07) is 14.3. The van der Waals surface area contributed by atoms with Crippen molar-refractivity contribution < 1.29 is 19.4 Å². The molecule has 0 radical (unpaired) electrons. The van der Waals surface area contributed by atoms with Crippen molar-refractivity contribution in [2.45, 2.75) is 40.2 Å². The molecule has 0 saturated carbocycles. The molecule has 1 heterocycles. The molecule has 0 fully saturated rings. The van der Waals surface area contributed by atoms with E-state index in [1.165, 1.54) is 6.92 Å². The number of carbonyl (C=O) groups excluding carboxylic acids is 2. The van der Waals surface area contributed by atoms with E-state index < -0.39 is 17.5 Å². The van der Waals surface area contributed by atoms with E-state index >= 15 is 0 Å². The first-order chi connectivity index (χ1) is 14.1. The molecule has 0 aliphatic carbocycles. The summed E-state index contributed by atoms with van der Waals surface area (Å²) >= 11 is 0. The van der Waals surface area contributed by atoms with Gasteiger partial charge in [-0.15, -0.1) is 0 Å². The second-order valence-electron chi connectivity index (χ2n) is 8.08. The van der Waals surface area contributed by atoms with E-state index in [1.807, 2.05) is 13.0 Å². The lowest BCUT2D eigenvalue weighted by atomic mass is 9.99. The van der Waals surface area contributed by atoms with Crippen LogP contribution in [0.2, 0.25) is 0 Å². The van der Waals surface area contributed by atoms with Crippen LogP contribution in [-0.2, 0) is 9.53 Å². The smallest absolute Gasteiger partial charge is 0.344 e. The Kier molecular flexibility index (Phi) is 5.69. The number of ether oxygens (including phenoxy) is 1. The van der Waals surface area contributed by atoms with Gasteiger partial charge in [-0.3, -0.25) is 4.79 Å². The van der Waals surface area contributed by atoms with Crippen LogP contribution >= 0.6 is 0 Å². The second-order valence-corrected chi connectivity index (χ2v) is 8.08. The Bertz CT molecular complexity index is 1110. The van der Waals surface area contributed by atoms with Crippen molar-refractivity contribution in [3.05, 3.63) is 82.1 Å². The molecule has 154 valence electrons. The highest BCUT2D eigenvalue weighted by atomic mass is 16.6. The first kappa shape index (κ1) is 21.2. The van der Waals surface area contributed by atoms with Crippen LogP contribution in [0, 0.1) is 6.92 Å². The summed E-state index contributed by atoms with van der Waals surface area (Å²) in [5, 5.41) is 10.2. The Morgan fingerprint density at radius 2 is 1.70 bits per heavy atom. The fraction of sp³-hybridized carbons (Fsp3) is 0.250. The molecule has 6 heteroatoms. The Balaban J connectivity index is 2.08. The minimum absolute atomic E-state index is 0.0504. The summed E-state index contributed by atoms with van der Waals surface area (Å²) in [7, 11) is 0. The van der Waals surface area contributed by atoms with Gasteiger partial charge in [-0.2, -0.15) is 4.99 Å². The lowest BCUT2D eigenvalue weighted by Crippen LogP contribution is -2.28. The molecular weight excluding hydrogens is 380 g/mol. The lowest BCUT2D eigenvalue weighted by Gasteiger charge is -2.21. The SMILES string of the molecule is CC(O)=C(C(=O)OC(C)(C)C)C1=NC(=NC(=O)c2cccc(C)c2)c2ccccc21.